The van der Waals surface area contributed by atoms with Gasteiger partial charge in [0.25, 0.3) is 0 Å². The number of pyridine rings is 1. The van der Waals surface area contributed by atoms with Crippen molar-refractivity contribution in [1.29, 1.82) is 0 Å². The second-order valence-corrected chi connectivity index (χ2v) is 3.87. The molecule has 6 heteroatoms. The van der Waals surface area contributed by atoms with E-state index >= 15 is 0 Å². The van der Waals surface area contributed by atoms with E-state index in [9.17, 15) is 0 Å². The summed E-state index contributed by atoms with van der Waals surface area (Å²) in [5.41, 5.74) is 19.7. The highest BCUT2D eigenvalue weighted by atomic mass is 15.0. The molecule has 0 bridgehead atoms. The van der Waals surface area contributed by atoms with E-state index in [0.29, 0.717) is 5.82 Å². The first kappa shape index (κ1) is 11.1. The van der Waals surface area contributed by atoms with Gasteiger partial charge in [0.1, 0.15) is 5.69 Å². The minimum absolute atomic E-state index is 0.194. The summed E-state index contributed by atoms with van der Waals surface area (Å²) >= 11 is 0. The molecule has 0 fully saturated rings. The van der Waals surface area contributed by atoms with Gasteiger partial charge in [-0.15, -0.1) is 0 Å². The monoisotopic (exact) mass is 230 g/mol. The summed E-state index contributed by atoms with van der Waals surface area (Å²) in [7, 11) is 0. The van der Waals surface area contributed by atoms with Gasteiger partial charge in [-0.3, -0.25) is 4.98 Å². The predicted octanol–water partition coefficient (Wildman–Crippen LogP) is 0.902. The van der Waals surface area contributed by atoms with Gasteiger partial charge < -0.3 is 17.2 Å². The molecule has 0 saturated heterocycles. The second-order valence-electron chi connectivity index (χ2n) is 3.87. The fourth-order valence-electron chi connectivity index (χ4n) is 1.60. The zero-order valence-corrected chi connectivity index (χ0v) is 9.73. The molecule has 0 aliphatic carbocycles. The van der Waals surface area contributed by atoms with Crippen molar-refractivity contribution in [3.63, 3.8) is 0 Å². The van der Waals surface area contributed by atoms with Gasteiger partial charge in [0.2, 0.25) is 0 Å². The molecule has 6 N–H and O–H groups in total. The molecule has 0 spiro atoms. The lowest BCUT2D eigenvalue weighted by atomic mass is 10.2. The van der Waals surface area contributed by atoms with Gasteiger partial charge in [0.15, 0.2) is 17.5 Å². The summed E-state index contributed by atoms with van der Waals surface area (Å²) in [5.74, 6) is 0.849. The van der Waals surface area contributed by atoms with Crippen LogP contribution in [0.2, 0.25) is 0 Å². The molecule has 0 aromatic carbocycles. The van der Waals surface area contributed by atoms with Crippen molar-refractivity contribution in [2.75, 3.05) is 17.2 Å². The average Bonchev–Trinajstić information content (AvgIpc) is 2.23. The fourth-order valence-corrected chi connectivity index (χ4v) is 1.60. The van der Waals surface area contributed by atoms with E-state index in [2.05, 4.69) is 15.0 Å². The smallest absolute Gasteiger partial charge is 0.164 e. The molecule has 88 valence electrons. The number of nitrogens with two attached hydrogens (primary N) is 3. The molecule has 0 aliphatic heterocycles. The summed E-state index contributed by atoms with van der Waals surface area (Å²) in [6.45, 7) is 3.81. The molecule has 2 aromatic rings. The number of nitrogen functional groups attached to an aromatic ring is 3. The van der Waals surface area contributed by atoms with Crippen molar-refractivity contribution in [2.45, 2.75) is 13.8 Å². The summed E-state index contributed by atoms with van der Waals surface area (Å²) in [5, 5.41) is 0. The Morgan fingerprint density at radius 1 is 0.824 bits per heavy atom. The average molecular weight is 230 g/mol. The molecule has 0 saturated carbocycles. The van der Waals surface area contributed by atoms with Crippen molar-refractivity contribution in [3.05, 3.63) is 23.5 Å². The number of aromatic nitrogens is 3. The highest BCUT2D eigenvalue weighted by Crippen LogP contribution is 2.24. The molecule has 2 heterocycles. The first-order chi connectivity index (χ1) is 7.97. The Balaban J connectivity index is 2.60. The highest BCUT2D eigenvalue weighted by Gasteiger charge is 2.09. The van der Waals surface area contributed by atoms with Crippen LogP contribution in [0.5, 0.6) is 0 Å². The summed E-state index contributed by atoms with van der Waals surface area (Å²) in [4.78, 5) is 12.5. The van der Waals surface area contributed by atoms with Crippen LogP contribution in [0.1, 0.15) is 11.4 Å². The van der Waals surface area contributed by atoms with Crippen LogP contribution in [0.25, 0.3) is 11.4 Å². The van der Waals surface area contributed by atoms with Crippen molar-refractivity contribution >= 4 is 17.3 Å². The van der Waals surface area contributed by atoms with E-state index in [1.165, 1.54) is 0 Å². The third-order valence-corrected chi connectivity index (χ3v) is 2.34. The standard InChI is InChI=1S/C11H14N6/c1-5-3-7(4-6(2)15-5)11-16-9(13)8(12)10(14)17-11/h3-4H,12H2,1-2H3,(H4,13,14,16,17). The summed E-state index contributed by atoms with van der Waals surface area (Å²) < 4.78 is 0. The van der Waals surface area contributed by atoms with Crippen LogP contribution in [-0.4, -0.2) is 15.0 Å². The zero-order valence-electron chi connectivity index (χ0n) is 9.73. The number of nitrogens with zero attached hydrogens (tertiary/aromatic N) is 3. The van der Waals surface area contributed by atoms with E-state index in [4.69, 9.17) is 17.2 Å². The number of hydrogen-bond donors (Lipinski definition) is 3. The van der Waals surface area contributed by atoms with Crippen molar-refractivity contribution in [3.8, 4) is 11.4 Å². The molecule has 0 aliphatic rings. The van der Waals surface area contributed by atoms with Gasteiger partial charge in [-0.05, 0) is 26.0 Å². The molecule has 17 heavy (non-hydrogen) atoms. The summed E-state index contributed by atoms with van der Waals surface area (Å²) in [6.07, 6.45) is 0. The second kappa shape index (κ2) is 3.89. The van der Waals surface area contributed by atoms with Crippen LogP contribution in [0.3, 0.4) is 0 Å². The van der Waals surface area contributed by atoms with Gasteiger partial charge in [0.05, 0.1) is 0 Å². The van der Waals surface area contributed by atoms with Crippen LogP contribution in [0.4, 0.5) is 17.3 Å². The van der Waals surface area contributed by atoms with Crippen LogP contribution >= 0.6 is 0 Å². The molecule has 0 atom stereocenters. The number of rotatable bonds is 1. The van der Waals surface area contributed by atoms with Gasteiger partial charge in [-0.2, -0.15) is 0 Å². The van der Waals surface area contributed by atoms with Gasteiger partial charge in [0, 0.05) is 17.0 Å². The maximum absolute atomic E-state index is 5.66. The van der Waals surface area contributed by atoms with Crippen LogP contribution in [0.15, 0.2) is 12.1 Å². The lowest BCUT2D eigenvalue weighted by Crippen LogP contribution is -2.06. The maximum Gasteiger partial charge on any atom is 0.164 e. The number of aryl methyl sites for hydroxylation is 2. The topological polar surface area (TPSA) is 117 Å². The van der Waals surface area contributed by atoms with Crippen molar-refractivity contribution in [1.82, 2.24) is 15.0 Å². The Hall–Kier alpha value is -2.37. The number of anilines is 3. The minimum Gasteiger partial charge on any atom is -0.393 e. The van der Waals surface area contributed by atoms with E-state index in [0.717, 1.165) is 17.0 Å². The normalized spacial score (nSPS) is 10.5. The van der Waals surface area contributed by atoms with Crippen LogP contribution in [0, 0.1) is 13.8 Å². The Morgan fingerprint density at radius 2 is 1.29 bits per heavy atom. The lowest BCUT2D eigenvalue weighted by Gasteiger charge is -2.07. The molecule has 2 rings (SSSR count). The van der Waals surface area contributed by atoms with E-state index in [1.54, 1.807) is 0 Å². The lowest BCUT2D eigenvalue weighted by molar-refractivity contribution is 1.11. The molecule has 2 aromatic heterocycles. The Labute approximate surface area is 98.9 Å². The molecular weight excluding hydrogens is 216 g/mol. The Bertz CT molecular complexity index is 535. The highest BCUT2D eigenvalue weighted by molar-refractivity contribution is 5.74. The Kier molecular flexibility index (Phi) is 2.55. The largest absolute Gasteiger partial charge is 0.393 e. The predicted molar refractivity (Wildman–Crippen MR) is 68.0 cm³/mol. The first-order valence-electron chi connectivity index (χ1n) is 5.11. The van der Waals surface area contributed by atoms with E-state index in [1.807, 2.05) is 26.0 Å². The van der Waals surface area contributed by atoms with Crippen molar-refractivity contribution < 1.29 is 0 Å². The number of hydrogen-bond acceptors (Lipinski definition) is 6. The van der Waals surface area contributed by atoms with E-state index < -0.39 is 0 Å². The van der Waals surface area contributed by atoms with Crippen molar-refractivity contribution in [2.24, 2.45) is 0 Å². The molecule has 0 amide bonds. The zero-order chi connectivity index (χ0) is 12.6. The molecular formula is C11H14N6. The SMILES string of the molecule is Cc1cc(-c2nc(N)c(N)c(N)n2)cc(C)n1. The van der Waals surface area contributed by atoms with Crippen LogP contribution < -0.4 is 17.2 Å². The van der Waals surface area contributed by atoms with Gasteiger partial charge in [-0.1, -0.05) is 0 Å². The third kappa shape index (κ3) is 2.10. The molecule has 0 radical (unpaired) electrons. The summed E-state index contributed by atoms with van der Waals surface area (Å²) in [6, 6.07) is 3.74. The van der Waals surface area contributed by atoms with Crippen LogP contribution in [-0.2, 0) is 0 Å². The first-order valence-corrected chi connectivity index (χ1v) is 5.11. The van der Waals surface area contributed by atoms with Gasteiger partial charge >= 0.3 is 0 Å². The fraction of sp³-hybridized carbons (Fsp3) is 0.182. The quantitative estimate of drug-likeness (QED) is 0.670. The van der Waals surface area contributed by atoms with E-state index in [-0.39, 0.29) is 17.3 Å². The maximum atomic E-state index is 5.66. The third-order valence-electron chi connectivity index (χ3n) is 2.34. The molecule has 6 nitrogen and oxygen atoms in total. The van der Waals surface area contributed by atoms with Gasteiger partial charge in [-0.25, -0.2) is 9.97 Å². The minimum atomic E-state index is 0.194. The molecule has 0 unspecified atom stereocenters. The Morgan fingerprint density at radius 3 is 1.76 bits per heavy atom.